The third kappa shape index (κ3) is 10.3. The van der Waals surface area contributed by atoms with Crippen LogP contribution in [0.15, 0.2) is 11.6 Å². The Kier molecular flexibility index (Phi) is 12.6. The molecule has 0 aliphatic heterocycles. The van der Waals surface area contributed by atoms with Crippen molar-refractivity contribution < 1.29 is 0 Å². The minimum atomic E-state index is 1.26. The molecule has 0 spiro atoms. The summed E-state index contributed by atoms with van der Waals surface area (Å²) < 4.78 is 0. The van der Waals surface area contributed by atoms with Gasteiger partial charge in [-0.2, -0.15) is 0 Å². The zero-order valence-electron chi connectivity index (χ0n) is 11.9. The van der Waals surface area contributed by atoms with Gasteiger partial charge in [0.25, 0.3) is 0 Å². The van der Waals surface area contributed by atoms with Crippen LogP contribution in [0, 0.1) is 0 Å². The highest BCUT2D eigenvalue weighted by atomic mass is 14.0. The van der Waals surface area contributed by atoms with E-state index in [9.17, 15) is 0 Å². The van der Waals surface area contributed by atoms with Crippen molar-refractivity contribution in [1.29, 1.82) is 0 Å². The van der Waals surface area contributed by atoms with E-state index in [2.05, 4.69) is 26.8 Å². The monoisotopic (exact) mass is 224 g/mol. The van der Waals surface area contributed by atoms with E-state index in [1.807, 2.05) is 0 Å². The fraction of sp³-hybridized carbons (Fsp3) is 0.875. The Labute approximate surface area is 104 Å². The standard InChI is InChI=1S/C16H32/c1-4-7-9-10-11-13-15-16(6-3)14-12-8-5-2/h14H,4-13,15H2,1-3H3. The normalized spacial score (nSPS) is 12.1. The quantitative estimate of drug-likeness (QED) is 0.287. The Morgan fingerprint density at radius 1 is 0.750 bits per heavy atom. The summed E-state index contributed by atoms with van der Waals surface area (Å²) in [6, 6.07) is 0. The molecule has 0 heterocycles. The molecule has 0 saturated heterocycles. The molecule has 0 amide bonds. The second kappa shape index (κ2) is 12.8. The van der Waals surface area contributed by atoms with Crippen molar-refractivity contribution in [2.45, 2.75) is 91.4 Å². The van der Waals surface area contributed by atoms with Crippen molar-refractivity contribution in [1.82, 2.24) is 0 Å². The molecule has 0 fully saturated rings. The lowest BCUT2D eigenvalue weighted by Crippen LogP contribution is -1.85. The third-order valence-corrected chi connectivity index (χ3v) is 3.30. The molecule has 0 aromatic rings. The van der Waals surface area contributed by atoms with Crippen molar-refractivity contribution in [2.24, 2.45) is 0 Å². The highest BCUT2D eigenvalue weighted by molar-refractivity contribution is 5.00. The van der Waals surface area contributed by atoms with Gasteiger partial charge in [-0.25, -0.2) is 0 Å². The summed E-state index contributed by atoms with van der Waals surface area (Å²) in [7, 11) is 0. The van der Waals surface area contributed by atoms with Crippen LogP contribution in [0.25, 0.3) is 0 Å². The van der Waals surface area contributed by atoms with Crippen molar-refractivity contribution in [3.05, 3.63) is 11.6 Å². The molecule has 0 unspecified atom stereocenters. The van der Waals surface area contributed by atoms with E-state index in [1.54, 1.807) is 5.57 Å². The summed E-state index contributed by atoms with van der Waals surface area (Å²) in [5.41, 5.74) is 1.70. The SMILES string of the molecule is CCCCC=C(CC)CCCCCCCC. The maximum Gasteiger partial charge on any atom is -0.0320 e. The van der Waals surface area contributed by atoms with Gasteiger partial charge in [-0.1, -0.05) is 77.4 Å². The minimum Gasteiger partial charge on any atom is -0.0853 e. The zero-order valence-corrected chi connectivity index (χ0v) is 11.9. The minimum absolute atomic E-state index is 1.26. The highest BCUT2D eigenvalue weighted by Gasteiger charge is 1.95. The number of rotatable bonds is 11. The first kappa shape index (κ1) is 15.7. The Bertz CT molecular complexity index is 155. The van der Waals surface area contributed by atoms with Gasteiger partial charge in [-0.15, -0.1) is 0 Å². The molecule has 96 valence electrons. The summed E-state index contributed by atoms with van der Waals surface area (Å²) in [4.78, 5) is 0. The fourth-order valence-electron chi connectivity index (χ4n) is 2.07. The molecule has 0 heteroatoms. The van der Waals surface area contributed by atoms with Crippen molar-refractivity contribution in [2.75, 3.05) is 0 Å². The molecule has 0 N–H and O–H groups in total. The van der Waals surface area contributed by atoms with Crippen molar-refractivity contribution in [3.8, 4) is 0 Å². The van der Waals surface area contributed by atoms with Gasteiger partial charge in [0.15, 0.2) is 0 Å². The van der Waals surface area contributed by atoms with E-state index < -0.39 is 0 Å². The molecule has 0 aromatic carbocycles. The first-order valence-electron chi connectivity index (χ1n) is 7.53. The first-order chi connectivity index (χ1) is 7.85. The maximum atomic E-state index is 2.50. The van der Waals surface area contributed by atoms with Crippen LogP contribution in [0.4, 0.5) is 0 Å². The Balaban J connectivity index is 3.43. The summed E-state index contributed by atoms with van der Waals surface area (Å²) in [5, 5.41) is 0. The second-order valence-electron chi connectivity index (χ2n) is 4.88. The Morgan fingerprint density at radius 3 is 2.00 bits per heavy atom. The number of allylic oxidation sites excluding steroid dienone is 2. The van der Waals surface area contributed by atoms with Gasteiger partial charge in [0, 0.05) is 0 Å². The largest absolute Gasteiger partial charge is 0.0853 e. The van der Waals surface area contributed by atoms with Crippen molar-refractivity contribution >= 4 is 0 Å². The molecule has 0 radical (unpaired) electrons. The van der Waals surface area contributed by atoms with Crippen LogP contribution in [0.1, 0.15) is 91.4 Å². The van der Waals surface area contributed by atoms with E-state index in [1.165, 1.54) is 70.6 Å². The van der Waals surface area contributed by atoms with E-state index in [-0.39, 0.29) is 0 Å². The summed E-state index contributed by atoms with van der Waals surface area (Å²) >= 11 is 0. The average molecular weight is 224 g/mol. The van der Waals surface area contributed by atoms with E-state index >= 15 is 0 Å². The van der Waals surface area contributed by atoms with Crippen LogP contribution in [0.2, 0.25) is 0 Å². The van der Waals surface area contributed by atoms with Gasteiger partial charge in [0.05, 0.1) is 0 Å². The highest BCUT2D eigenvalue weighted by Crippen LogP contribution is 2.15. The van der Waals surface area contributed by atoms with Crippen LogP contribution < -0.4 is 0 Å². The second-order valence-corrected chi connectivity index (χ2v) is 4.88. The predicted molar refractivity (Wildman–Crippen MR) is 75.9 cm³/mol. The topological polar surface area (TPSA) is 0 Å². The first-order valence-corrected chi connectivity index (χ1v) is 7.53. The average Bonchev–Trinajstić information content (AvgIpc) is 2.31. The lowest BCUT2D eigenvalue weighted by Gasteiger charge is -2.05. The smallest absolute Gasteiger partial charge is 0.0320 e. The van der Waals surface area contributed by atoms with Crippen molar-refractivity contribution in [3.63, 3.8) is 0 Å². The van der Waals surface area contributed by atoms with Gasteiger partial charge in [-0.05, 0) is 25.7 Å². The summed E-state index contributed by atoms with van der Waals surface area (Å²) in [5.74, 6) is 0. The van der Waals surface area contributed by atoms with Crippen LogP contribution >= 0.6 is 0 Å². The molecule has 0 aliphatic carbocycles. The van der Waals surface area contributed by atoms with Gasteiger partial charge < -0.3 is 0 Å². The lowest BCUT2D eigenvalue weighted by molar-refractivity contribution is 0.602. The van der Waals surface area contributed by atoms with Gasteiger partial charge in [-0.3, -0.25) is 0 Å². The summed E-state index contributed by atoms with van der Waals surface area (Å²) in [6.45, 7) is 6.85. The maximum absolute atomic E-state index is 2.50. The molecule has 0 aliphatic rings. The number of hydrogen-bond acceptors (Lipinski definition) is 0. The fourth-order valence-corrected chi connectivity index (χ4v) is 2.07. The van der Waals surface area contributed by atoms with E-state index in [4.69, 9.17) is 0 Å². The molecular weight excluding hydrogens is 192 g/mol. The lowest BCUT2D eigenvalue weighted by atomic mass is 10.0. The van der Waals surface area contributed by atoms with E-state index in [0.717, 1.165) is 0 Å². The van der Waals surface area contributed by atoms with Crippen LogP contribution in [0.5, 0.6) is 0 Å². The zero-order chi connectivity index (χ0) is 12.1. The third-order valence-electron chi connectivity index (χ3n) is 3.30. The van der Waals surface area contributed by atoms with Crippen LogP contribution in [0.3, 0.4) is 0 Å². The molecule has 0 aromatic heterocycles. The summed E-state index contributed by atoms with van der Waals surface area (Å²) in [6.07, 6.45) is 17.6. The number of unbranched alkanes of at least 4 members (excludes halogenated alkanes) is 7. The van der Waals surface area contributed by atoms with Crippen LogP contribution in [-0.4, -0.2) is 0 Å². The van der Waals surface area contributed by atoms with Gasteiger partial charge in [0.2, 0.25) is 0 Å². The van der Waals surface area contributed by atoms with Gasteiger partial charge in [0.1, 0.15) is 0 Å². The van der Waals surface area contributed by atoms with E-state index in [0.29, 0.717) is 0 Å². The van der Waals surface area contributed by atoms with Gasteiger partial charge >= 0.3 is 0 Å². The molecule has 0 bridgehead atoms. The van der Waals surface area contributed by atoms with Crippen LogP contribution in [-0.2, 0) is 0 Å². The predicted octanol–water partition coefficient (Wildman–Crippen LogP) is 6.26. The Hall–Kier alpha value is -0.260. The molecular formula is C16H32. The molecule has 0 nitrogen and oxygen atoms in total. The Morgan fingerprint density at radius 2 is 1.38 bits per heavy atom. The molecule has 0 rings (SSSR count). The molecule has 0 atom stereocenters. The molecule has 16 heavy (non-hydrogen) atoms. The number of hydrogen-bond donors (Lipinski definition) is 0. The molecule has 0 saturated carbocycles.